The number of pyridine rings is 1. The number of benzene rings is 1. The average Bonchev–Trinajstić information content (AvgIpc) is 2.30. The quantitative estimate of drug-likeness (QED) is 0.566. The van der Waals surface area contributed by atoms with Crippen LogP contribution < -0.4 is 0 Å². The van der Waals surface area contributed by atoms with E-state index in [0.29, 0.717) is 11.0 Å². The molecule has 2 aromatic rings. The van der Waals surface area contributed by atoms with Gasteiger partial charge in [0.15, 0.2) is 0 Å². The average molecular weight is 238 g/mol. The lowest BCUT2D eigenvalue weighted by atomic mass is 10.0. The van der Waals surface area contributed by atoms with Crippen LogP contribution in [0.5, 0.6) is 0 Å². The van der Waals surface area contributed by atoms with Gasteiger partial charge in [-0.1, -0.05) is 41.9 Å². The summed E-state index contributed by atoms with van der Waals surface area (Å²) in [4.78, 5) is 4.07. The van der Waals surface area contributed by atoms with Crippen LogP contribution >= 0.6 is 23.2 Å². The molecule has 0 radical (unpaired) electrons. The van der Waals surface area contributed by atoms with E-state index in [2.05, 4.69) is 4.98 Å². The molecule has 0 amide bonds. The van der Waals surface area contributed by atoms with Crippen LogP contribution in [0.1, 0.15) is 5.56 Å². The van der Waals surface area contributed by atoms with Gasteiger partial charge in [-0.05, 0) is 17.2 Å². The summed E-state index contributed by atoms with van der Waals surface area (Å²) in [6.45, 7) is 0. The standard InChI is InChI=1S/C12H9Cl2N/c13-7-10-6-12(14)15-8-11(10)9-4-2-1-3-5-9/h1-6,8H,7H2. The molecule has 0 N–H and O–H groups in total. The highest BCUT2D eigenvalue weighted by Crippen LogP contribution is 2.25. The van der Waals surface area contributed by atoms with E-state index in [1.807, 2.05) is 30.3 Å². The van der Waals surface area contributed by atoms with Gasteiger partial charge in [0.2, 0.25) is 0 Å². The number of hydrogen-bond donors (Lipinski definition) is 0. The van der Waals surface area contributed by atoms with Gasteiger partial charge in [-0.25, -0.2) is 4.98 Å². The highest BCUT2D eigenvalue weighted by molar-refractivity contribution is 6.29. The molecule has 0 bridgehead atoms. The van der Waals surface area contributed by atoms with Gasteiger partial charge in [0.05, 0.1) is 0 Å². The van der Waals surface area contributed by atoms with Crippen molar-refractivity contribution in [1.82, 2.24) is 4.98 Å². The molecule has 0 spiro atoms. The van der Waals surface area contributed by atoms with Crippen molar-refractivity contribution in [1.29, 1.82) is 0 Å². The predicted molar refractivity (Wildman–Crippen MR) is 64.2 cm³/mol. The molecule has 0 fully saturated rings. The first kappa shape index (κ1) is 10.5. The summed E-state index contributed by atoms with van der Waals surface area (Å²) in [5.74, 6) is 0.437. The van der Waals surface area contributed by atoms with Gasteiger partial charge in [-0.3, -0.25) is 0 Å². The maximum absolute atomic E-state index is 5.87. The Labute approximate surface area is 98.7 Å². The fourth-order valence-corrected chi connectivity index (χ4v) is 1.86. The Morgan fingerprint density at radius 3 is 2.53 bits per heavy atom. The summed E-state index contributed by atoms with van der Waals surface area (Å²) < 4.78 is 0. The Hall–Kier alpha value is -1.05. The van der Waals surface area contributed by atoms with Crippen molar-refractivity contribution in [3.05, 3.63) is 53.3 Å². The Balaban J connectivity index is 2.53. The second-order valence-corrected chi connectivity index (χ2v) is 3.82. The van der Waals surface area contributed by atoms with Gasteiger partial charge in [-0.2, -0.15) is 0 Å². The van der Waals surface area contributed by atoms with Gasteiger partial charge < -0.3 is 0 Å². The van der Waals surface area contributed by atoms with E-state index in [-0.39, 0.29) is 0 Å². The molecule has 0 aliphatic carbocycles. The Morgan fingerprint density at radius 1 is 1.13 bits per heavy atom. The lowest BCUT2D eigenvalue weighted by Gasteiger charge is -2.06. The lowest BCUT2D eigenvalue weighted by Crippen LogP contribution is -1.88. The van der Waals surface area contributed by atoms with Crippen LogP contribution in [0.2, 0.25) is 5.15 Å². The van der Waals surface area contributed by atoms with Crippen LogP contribution in [0.15, 0.2) is 42.6 Å². The molecule has 0 atom stereocenters. The number of hydrogen-bond acceptors (Lipinski definition) is 1. The number of nitrogens with zero attached hydrogens (tertiary/aromatic N) is 1. The number of alkyl halides is 1. The highest BCUT2D eigenvalue weighted by atomic mass is 35.5. The van der Waals surface area contributed by atoms with Crippen molar-refractivity contribution in [2.24, 2.45) is 0 Å². The third-order valence-electron chi connectivity index (χ3n) is 2.19. The highest BCUT2D eigenvalue weighted by Gasteiger charge is 2.05. The molecule has 1 nitrogen and oxygen atoms in total. The van der Waals surface area contributed by atoms with Crippen LogP contribution in [0.3, 0.4) is 0 Å². The molecular weight excluding hydrogens is 229 g/mol. The largest absolute Gasteiger partial charge is 0.244 e. The van der Waals surface area contributed by atoms with Crippen molar-refractivity contribution in [2.75, 3.05) is 0 Å². The monoisotopic (exact) mass is 237 g/mol. The first-order valence-corrected chi connectivity index (χ1v) is 5.48. The summed E-state index contributed by atoms with van der Waals surface area (Å²) in [7, 11) is 0. The van der Waals surface area contributed by atoms with Crippen molar-refractivity contribution in [3.63, 3.8) is 0 Å². The zero-order chi connectivity index (χ0) is 10.7. The van der Waals surface area contributed by atoms with Gasteiger partial charge in [0, 0.05) is 17.6 Å². The Morgan fingerprint density at radius 2 is 1.87 bits per heavy atom. The number of rotatable bonds is 2. The van der Waals surface area contributed by atoms with E-state index in [9.17, 15) is 0 Å². The third-order valence-corrected chi connectivity index (χ3v) is 2.68. The summed E-state index contributed by atoms with van der Waals surface area (Å²) >= 11 is 11.7. The minimum Gasteiger partial charge on any atom is -0.244 e. The lowest BCUT2D eigenvalue weighted by molar-refractivity contribution is 1.27. The zero-order valence-electron chi connectivity index (χ0n) is 7.95. The van der Waals surface area contributed by atoms with E-state index in [1.165, 1.54) is 0 Å². The van der Waals surface area contributed by atoms with Crippen molar-refractivity contribution < 1.29 is 0 Å². The first-order valence-electron chi connectivity index (χ1n) is 4.57. The maximum Gasteiger partial charge on any atom is 0.129 e. The summed E-state index contributed by atoms with van der Waals surface area (Å²) in [6, 6.07) is 11.8. The second-order valence-electron chi connectivity index (χ2n) is 3.16. The van der Waals surface area contributed by atoms with Crippen LogP contribution in [0, 0.1) is 0 Å². The smallest absolute Gasteiger partial charge is 0.129 e. The van der Waals surface area contributed by atoms with E-state index >= 15 is 0 Å². The van der Waals surface area contributed by atoms with Crippen LogP contribution in [0.4, 0.5) is 0 Å². The second kappa shape index (κ2) is 4.65. The van der Waals surface area contributed by atoms with Crippen LogP contribution in [-0.2, 0) is 5.88 Å². The topological polar surface area (TPSA) is 12.9 Å². The molecule has 1 heterocycles. The zero-order valence-corrected chi connectivity index (χ0v) is 9.46. The summed E-state index contributed by atoms with van der Waals surface area (Å²) in [5.41, 5.74) is 3.15. The van der Waals surface area contributed by atoms with E-state index in [0.717, 1.165) is 16.7 Å². The van der Waals surface area contributed by atoms with Crippen molar-refractivity contribution in [3.8, 4) is 11.1 Å². The minimum absolute atomic E-state index is 0.437. The molecule has 1 aromatic carbocycles. The Bertz CT molecular complexity index is 454. The van der Waals surface area contributed by atoms with Gasteiger partial charge in [-0.15, -0.1) is 11.6 Å². The molecule has 1 aromatic heterocycles. The molecule has 0 aliphatic rings. The Kier molecular flexibility index (Phi) is 3.24. The number of halogens is 2. The molecule has 15 heavy (non-hydrogen) atoms. The van der Waals surface area contributed by atoms with Gasteiger partial charge in [0.1, 0.15) is 5.15 Å². The SMILES string of the molecule is ClCc1cc(Cl)ncc1-c1ccccc1. The molecule has 0 saturated carbocycles. The number of aromatic nitrogens is 1. The molecule has 0 unspecified atom stereocenters. The molecular formula is C12H9Cl2N. The molecule has 0 saturated heterocycles. The van der Waals surface area contributed by atoms with Gasteiger partial charge in [0.25, 0.3) is 0 Å². The predicted octanol–water partition coefficient (Wildman–Crippen LogP) is 4.14. The fourth-order valence-electron chi connectivity index (χ4n) is 1.46. The van der Waals surface area contributed by atoms with E-state index < -0.39 is 0 Å². The third kappa shape index (κ3) is 2.31. The fraction of sp³-hybridized carbons (Fsp3) is 0.0833. The van der Waals surface area contributed by atoms with E-state index in [4.69, 9.17) is 23.2 Å². The minimum atomic E-state index is 0.437. The maximum atomic E-state index is 5.87. The van der Waals surface area contributed by atoms with Crippen LogP contribution in [0.25, 0.3) is 11.1 Å². The summed E-state index contributed by atoms with van der Waals surface area (Å²) in [6.07, 6.45) is 1.76. The van der Waals surface area contributed by atoms with Crippen molar-refractivity contribution >= 4 is 23.2 Å². The normalized spacial score (nSPS) is 10.3. The molecule has 76 valence electrons. The van der Waals surface area contributed by atoms with Crippen LogP contribution in [-0.4, -0.2) is 4.98 Å². The molecule has 0 aliphatic heterocycles. The molecule has 3 heteroatoms. The van der Waals surface area contributed by atoms with E-state index in [1.54, 1.807) is 12.3 Å². The molecule has 2 rings (SSSR count). The van der Waals surface area contributed by atoms with Crippen molar-refractivity contribution in [2.45, 2.75) is 5.88 Å². The summed E-state index contributed by atoms with van der Waals surface area (Å²) in [5, 5.41) is 0.477. The first-order chi connectivity index (χ1) is 7.31. The van der Waals surface area contributed by atoms with Gasteiger partial charge >= 0.3 is 0 Å².